The molecule has 0 saturated carbocycles. The molecule has 0 bridgehead atoms. The number of hydrogen-bond acceptors (Lipinski definition) is 4. The number of rotatable bonds is 5. The lowest BCUT2D eigenvalue weighted by atomic mass is 10.1. The number of ether oxygens (including phenoxy) is 1. The van der Waals surface area contributed by atoms with Crippen molar-refractivity contribution < 1.29 is 14.7 Å². The van der Waals surface area contributed by atoms with Crippen molar-refractivity contribution >= 4 is 11.6 Å². The molecule has 3 N–H and O–H groups in total. The Morgan fingerprint density at radius 1 is 1.56 bits per heavy atom. The number of aryl methyl sites for hydroxylation is 1. The fraction of sp³-hybridized carbons (Fsp3) is 0.385. The molecule has 1 atom stereocenters. The Morgan fingerprint density at radius 3 is 2.72 bits per heavy atom. The van der Waals surface area contributed by atoms with Crippen molar-refractivity contribution in [3.05, 3.63) is 29.3 Å². The van der Waals surface area contributed by atoms with Crippen molar-refractivity contribution in [1.29, 1.82) is 0 Å². The van der Waals surface area contributed by atoms with E-state index in [4.69, 9.17) is 15.7 Å². The summed E-state index contributed by atoms with van der Waals surface area (Å²) in [5.74, 6) is -0.0239. The average Bonchev–Trinajstić information content (AvgIpc) is 2.35. The van der Waals surface area contributed by atoms with Crippen molar-refractivity contribution in [1.82, 2.24) is 0 Å². The first kappa shape index (κ1) is 14.0. The molecule has 1 unspecified atom stereocenters. The van der Waals surface area contributed by atoms with Gasteiger partial charge in [0.25, 0.3) is 5.91 Å². The molecule has 0 aromatic heterocycles. The molecule has 0 saturated heterocycles. The monoisotopic (exact) mass is 250 g/mol. The highest BCUT2D eigenvalue weighted by Gasteiger charge is 2.17. The first-order valence-corrected chi connectivity index (χ1v) is 5.75. The summed E-state index contributed by atoms with van der Waals surface area (Å²) >= 11 is 0. The van der Waals surface area contributed by atoms with Gasteiger partial charge in [0.2, 0.25) is 0 Å². The van der Waals surface area contributed by atoms with E-state index in [-0.39, 0.29) is 0 Å². The molecule has 0 spiro atoms. The second-order valence-electron chi connectivity index (χ2n) is 4.10. The van der Waals surface area contributed by atoms with Crippen molar-refractivity contribution in [2.45, 2.75) is 33.3 Å². The van der Waals surface area contributed by atoms with Gasteiger partial charge in [0.1, 0.15) is 5.75 Å². The van der Waals surface area contributed by atoms with Gasteiger partial charge in [0.15, 0.2) is 6.10 Å². The van der Waals surface area contributed by atoms with Crippen molar-refractivity contribution in [2.75, 3.05) is 0 Å². The predicted octanol–water partition coefficient (Wildman–Crippen LogP) is 1.84. The van der Waals surface area contributed by atoms with Gasteiger partial charge in [-0.3, -0.25) is 4.79 Å². The number of benzene rings is 1. The molecule has 0 aliphatic rings. The average molecular weight is 250 g/mol. The van der Waals surface area contributed by atoms with Gasteiger partial charge in [-0.2, -0.15) is 0 Å². The molecule has 0 aliphatic heterocycles. The van der Waals surface area contributed by atoms with Crippen LogP contribution in [-0.2, 0) is 4.79 Å². The fourth-order valence-electron chi connectivity index (χ4n) is 1.58. The second kappa shape index (κ2) is 6.05. The Balaban J connectivity index is 3.12. The first-order chi connectivity index (χ1) is 8.49. The van der Waals surface area contributed by atoms with Gasteiger partial charge < -0.3 is 15.7 Å². The molecule has 0 heterocycles. The third-order valence-corrected chi connectivity index (χ3v) is 2.63. The molecule has 98 valence electrons. The summed E-state index contributed by atoms with van der Waals surface area (Å²) in [7, 11) is 0. The van der Waals surface area contributed by atoms with Crippen LogP contribution in [0.5, 0.6) is 5.75 Å². The smallest absolute Gasteiger partial charge is 0.258 e. The van der Waals surface area contributed by atoms with Gasteiger partial charge in [-0.15, -0.1) is 0 Å². The predicted molar refractivity (Wildman–Crippen MR) is 69.1 cm³/mol. The Hall–Kier alpha value is -2.04. The number of nitrogens with two attached hydrogens (primary N) is 1. The molecule has 1 aromatic rings. The lowest BCUT2D eigenvalue weighted by molar-refractivity contribution is -0.124. The van der Waals surface area contributed by atoms with E-state index in [1.54, 1.807) is 13.0 Å². The molecule has 18 heavy (non-hydrogen) atoms. The van der Waals surface area contributed by atoms with Crippen LogP contribution in [0.2, 0.25) is 0 Å². The van der Waals surface area contributed by atoms with Crippen LogP contribution >= 0.6 is 0 Å². The molecule has 0 fully saturated rings. The molecule has 1 amide bonds. The largest absolute Gasteiger partial charge is 0.480 e. The molecule has 0 aliphatic carbocycles. The van der Waals surface area contributed by atoms with Crippen LogP contribution in [-0.4, -0.2) is 22.9 Å². The van der Waals surface area contributed by atoms with Crippen molar-refractivity contribution in [2.24, 2.45) is 10.9 Å². The van der Waals surface area contributed by atoms with Gasteiger partial charge >= 0.3 is 0 Å². The zero-order valence-electron chi connectivity index (χ0n) is 10.8. The van der Waals surface area contributed by atoms with Gasteiger partial charge in [0, 0.05) is 5.56 Å². The minimum atomic E-state index is -0.682. The van der Waals surface area contributed by atoms with Gasteiger partial charge in [-0.1, -0.05) is 23.7 Å². The zero-order valence-corrected chi connectivity index (χ0v) is 10.8. The van der Waals surface area contributed by atoms with Crippen LogP contribution in [0, 0.1) is 6.92 Å². The molecule has 5 nitrogen and oxygen atoms in total. The van der Waals surface area contributed by atoms with E-state index in [0.717, 1.165) is 5.56 Å². The van der Waals surface area contributed by atoms with Crippen LogP contribution in [0.25, 0.3) is 0 Å². The first-order valence-electron chi connectivity index (χ1n) is 5.75. The molecule has 0 radical (unpaired) electrons. The zero-order chi connectivity index (χ0) is 13.7. The molecular formula is C13H18N2O3. The molecule has 1 aromatic carbocycles. The third-order valence-electron chi connectivity index (χ3n) is 2.63. The quantitative estimate of drug-likeness (QED) is 0.475. The molecular weight excluding hydrogens is 232 g/mol. The number of amides is 1. The third kappa shape index (κ3) is 3.23. The normalized spacial score (nSPS) is 13.2. The minimum Gasteiger partial charge on any atom is -0.480 e. The van der Waals surface area contributed by atoms with E-state index in [9.17, 15) is 4.79 Å². The number of oxime groups is 1. The number of primary amides is 1. The van der Waals surface area contributed by atoms with E-state index in [0.29, 0.717) is 23.4 Å². The lowest BCUT2D eigenvalue weighted by Gasteiger charge is -2.17. The van der Waals surface area contributed by atoms with Crippen molar-refractivity contribution in [3.63, 3.8) is 0 Å². The maximum atomic E-state index is 11.2. The van der Waals surface area contributed by atoms with E-state index >= 15 is 0 Å². The van der Waals surface area contributed by atoms with Crippen LogP contribution in [0.1, 0.15) is 31.4 Å². The van der Waals surface area contributed by atoms with Crippen LogP contribution < -0.4 is 10.5 Å². The van der Waals surface area contributed by atoms with Gasteiger partial charge in [-0.05, 0) is 32.4 Å². The van der Waals surface area contributed by atoms with Crippen LogP contribution in [0.3, 0.4) is 0 Å². The SMILES string of the molecule is CCC(Oc1ccc(C)cc1C(C)=NO)C(N)=O. The number of carbonyl (C=O) groups is 1. The van der Waals surface area contributed by atoms with E-state index in [1.807, 2.05) is 26.0 Å². The summed E-state index contributed by atoms with van der Waals surface area (Å²) in [6.07, 6.45) is -0.198. The summed E-state index contributed by atoms with van der Waals surface area (Å²) in [6.45, 7) is 5.40. The van der Waals surface area contributed by atoms with E-state index in [2.05, 4.69) is 5.16 Å². The topological polar surface area (TPSA) is 84.9 Å². The summed E-state index contributed by atoms with van der Waals surface area (Å²) in [5.41, 5.74) is 7.32. The van der Waals surface area contributed by atoms with Crippen molar-refractivity contribution in [3.8, 4) is 5.75 Å². The Labute approximate surface area is 106 Å². The highest BCUT2D eigenvalue weighted by molar-refractivity contribution is 6.01. The summed E-state index contributed by atoms with van der Waals surface area (Å²) < 4.78 is 5.57. The maximum absolute atomic E-state index is 11.2. The van der Waals surface area contributed by atoms with E-state index in [1.165, 1.54) is 0 Å². The Kier molecular flexibility index (Phi) is 4.71. The fourth-order valence-corrected chi connectivity index (χ4v) is 1.58. The molecule has 1 rings (SSSR count). The summed E-state index contributed by atoms with van der Waals surface area (Å²) in [5, 5.41) is 12.0. The second-order valence-corrected chi connectivity index (χ2v) is 4.10. The highest BCUT2D eigenvalue weighted by Crippen LogP contribution is 2.22. The summed E-state index contributed by atoms with van der Waals surface area (Å²) in [4.78, 5) is 11.2. The minimum absolute atomic E-state index is 0.424. The maximum Gasteiger partial charge on any atom is 0.258 e. The van der Waals surface area contributed by atoms with Crippen LogP contribution in [0.4, 0.5) is 0 Å². The van der Waals surface area contributed by atoms with E-state index < -0.39 is 12.0 Å². The summed E-state index contributed by atoms with van der Waals surface area (Å²) in [6, 6.07) is 5.43. The number of nitrogens with zero attached hydrogens (tertiary/aromatic N) is 1. The lowest BCUT2D eigenvalue weighted by Crippen LogP contribution is -2.33. The number of carbonyl (C=O) groups excluding carboxylic acids is 1. The standard InChI is InChI=1S/C13H18N2O3/c1-4-11(13(14)16)18-12-6-5-8(2)7-10(12)9(3)15-17/h5-7,11,17H,4H2,1-3H3,(H2,14,16). The highest BCUT2D eigenvalue weighted by atomic mass is 16.5. The Bertz CT molecular complexity index is 469. The van der Waals surface area contributed by atoms with Crippen LogP contribution in [0.15, 0.2) is 23.4 Å². The Morgan fingerprint density at radius 2 is 2.22 bits per heavy atom. The van der Waals surface area contributed by atoms with Gasteiger partial charge in [0.05, 0.1) is 5.71 Å². The van der Waals surface area contributed by atoms with Gasteiger partial charge in [-0.25, -0.2) is 0 Å². The molecule has 5 heteroatoms. The number of hydrogen-bond donors (Lipinski definition) is 2.